The number of H-pyrrole nitrogens is 1. The number of benzene rings is 3. The number of para-hydroxylation sites is 1. The van der Waals surface area contributed by atoms with Gasteiger partial charge in [0.15, 0.2) is 0 Å². The van der Waals surface area contributed by atoms with E-state index in [1.165, 1.54) is 30.9 Å². The van der Waals surface area contributed by atoms with Crippen molar-refractivity contribution in [2.24, 2.45) is 0 Å². The largest absolute Gasteiger partial charge is 0.336 e. The van der Waals surface area contributed by atoms with Gasteiger partial charge >= 0.3 is 0 Å². The Morgan fingerprint density at radius 2 is 1.77 bits per heavy atom. The molecule has 0 amide bonds. The fraction of sp³-hybridized carbons (Fsp3) is 0.0500. The van der Waals surface area contributed by atoms with Gasteiger partial charge in [0.25, 0.3) is 0 Å². The minimum atomic E-state index is 0.612. The van der Waals surface area contributed by atoms with Crippen LogP contribution in [-0.2, 0) is 6.54 Å². The molecule has 0 bridgehead atoms. The maximum absolute atomic E-state index is 4.10. The monoisotopic (exact) mass is 451 g/mol. The van der Waals surface area contributed by atoms with Crippen molar-refractivity contribution >= 4 is 44.4 Å². The first-order chi connectivity index (χ1) is 12.8. The van der Waals surface area contributed by atoms with E-state index in [0.29, 0.717) is 5.82 Å². The maximum Gasteiger partial charge on any atom is 0.204 e. The van der Waals surface area contributed by atoms with Crippen molar-refractivity contribution in [2.75, 3.05) is 0 Å². The zero-order valence-electron chi connectivity index (χ0n) is 13.7. The molecule has 5 nitrogen and oxygen atoms in total. The number of aromatic nitrogens is 5. The molecule has 0 saturated heterocycles. The van der Waals surface area contributed by atoms with Gasteiger partial charge in [-0.2, -0.15) is 5.21 Å². The Hall–Kier alpha value is -2.74. The number of hydrogen-bond acceptors (Lipinski definition) is 3. The lowest BCUT2D eigenvalue weighted by molar-refractivity contribution is 0.868. The number of rotatable bonds is 3. The van der Waals surface area contributed by atoms with Crippen LogP contribution < -0.4 is 0 Å². The highest BCUT2D eigenvalue weighted by molar-refractivity contribution is 14.1. The molecule has 0 radical (unpaired) electrons. The van der Waals surface area contributed by atoms with Gasteiger partial charge in [0.05, 0.1) is 0 Å². The van der Waals surface area contributed by atoms with Crippen LogP contribution in [0, 0.1) is 3.57 Å². The van der Waals surface area contributed by atoms with Gasteiger partial charge in [-0.3, -0.25) is 0 Å². The highest BCUT2D eigenvalue weighted by Crippen LogP contribution is 2.32. The topological polar surface area (TPSA) is 59.4 Å². The Kier molecular flexibility index (Phi) is 3.70. The molecule has 0 spiro atoms. The molecule has 2 heterocycles. The molecule has 2 aromatic heterocycles. The van der Waals surface area contributed by atoms with Gasteiger partial charge in [-0.25, -0.2) is 0 Å². The van der Waals surface area contributed by atoms with Crippen molar-refractivity contribution in [3.8, 4) is 11.4 Å². The summed E-state index contributed by atoms with van der Waals surface area (Å²) in [5.41, 5.74) is 4.69. The quantitative estimate of drug-likeness (QED) is 0.407. The lowest BCUT2D eigenvalue weighted by Crippen LogP contribution is -1.99. The van der Waals surface area contributed by atoms with E-state index in [1.54, 1.807) is 0 Å². The molecule has 0 aliphatic rings. The Bertz CT molecular complexity index is 1220. The molecular weight excluding hydrogens is 437 g/mol. The van der Waals surface area contributed by atoms with Crippen molar-refractivity contribution in [3.05, 3.63) is 75.9 Å². The van der Waals surface area contributed by atoms with Gasteiger partial charge in [-0.05, 0) is 69.8 Å². The summed E-state index contributed by atoms with van der Waals surface area (Å²) in [6.07, 6.45) is 0. The number of nitrogens with zero attached hydrogens (tertiary/aromatic N) is 4. The lowest BCUT2D eigenvalue weighted by atomic mass is 10.1. The standard InChI is InChI=1S/C20H14IN5/c21-15-5-3-4-13(10-15)12-26-18-7-2-1-6-16(18)17-11-14(8-9-19(17)26)20-22-24-25-23-20/h1-11H,12H2,(H,22,23,24,25). The lowest BCUT2D eigenvalue weighted by Gasteiger charge is -2.08. The van der Waals surface area contributed by atoms with Crippen LogP contribution in [0.5, 0.6) is 0 Å². The summed E-state index contributed by atoms with van der Waals surface area (Å²) >= 11 is 2.36. The molecule has 126 valence electrons. The zero-order chi connectivity index (χ0) is 17.5. The molecule has 0 fully saturated rings. The highest BCUT2D eigenvalue weighted by atomic mass is 127. The Balaban J connectivity index is 1.74. The Morgan fingerprint density at radius 1 is 0.885 bits per heavy atom. The van der Waals surface area contributed by atoms with Crippen LogP contribution in [0.4, 0.5) is 0 Å². The molecule has 3 aromatic carbocycles. The minimum absolute atomic E-state index is 0.612. The average Bonchev–Trinajstić information content (AvgIpc) is 3.29. The van der Waals surface area contributed by atoms with E-state index in [9.17, 15) is 0 Å². The molecule has 6 heteroatoms. The summed E-state index contributed by atoms with van der Waals surface area (Å²) < 4.78 is 3.62. The van der Waals surface area contributed by atoms with E-state index in [-0.39, 0.29) is 0 Å². The summed E-state index contributed by atoms with van der Waals surface area (Å²) in [6, 6.07) is 23.5. The number of hydrogen-bond donors (Lipinski definition) is 1. The molecule has 5 rings (SSSR count). The Morgan fingerprint density at radius 3 is 2.62 bits per heavy atom. The SMILES string of the molecule is Ic1cccc(Cn2c3ccccc3c3cc(-c4nn[nH]n4)ccc32)c1. The highest BCUT2D eigenvalue weighted by Gasteiger charge is 2.13. The van der Waals surface area contributed by atoms with Crippen molar-refractivity contribution in [1.29, 1.82) is 0 Å². The summed E-state index contributed by atoms with van der Waals surface area (Å²) in [7, 11) is 0. The van der Waals surface area contributed by atoms with E-state index in [0.717, 1.165) is 12.1 Å². The molecule has 0 saturated carbocycles. The molecule has 1 N–H and O–H groups in total. The molecule has 26 heavy (non-hydrogen) atoms. The minimum Gasteiger partial charge on any atom is -0.336 e. The first-order valence-electron chi connectivity index (χ1n) is 8.29. The molecule has 0 aliphatic carbocycles. The normalized spacial score (nSPS) is 11.4. The van der Waals surface area contributed by atoms with Crippen LogP contribution in [0.1, 0.15) is 5.56 Å². The molecule has 0 unspecified atom stereocenters. The van der Waals surface area contributed by atoms with Gasteiger partial charge in [0.1, 0.15) is 0 Å². The second kappa shape index (κ2) is 6.21. The van der Waals surface area contributed by atoms with Gasteiger partial charge in [-0.1, -0.05) is 30.3 Å². The Labute approximate surface area is 163 Å². The molecular formula is C20H14IN5. The third-order valence-electron chi connectivity index (χ3n) is 4.61. The first kappa shape index (κ1) is 15.5. The number of aromatic amines is 1. The predicted molar refractivity (Wildman–Crippen MR) is 111 cm³/mol. The maximum atomic E-state index is 4.10. The van der Waals surface area contributed by atoms with E-state index >= 15 is 0 Å². The van der Waals surface area contributed by atoms with Crippen molar-refractivity contribution in [2.45, 2.75) is 6.54 Å². The van der Waals surface area contributed by atoms with Crippen molar-refractivity contribution in [1.82, 2.24) is 25.2 Å². The zero-order valence-corrected chi connectivity index (χ0v) is 15.9. The fourth-order valence-corrected chi connectivity index (χ4v) is 4.07. The third kappa shape index (κ3) is 2.57. The molecule has 0 atom stereocenters. The van der Waals surface area contributed by atoms with E-state index in [4.69, 9.17) is 0 Å². The van der Waals surface area contributed by atoms with Gasteiger partial charge in [-0.15, -0.1) is 10.2 Å². The average molecular weight is 451 g/mol. The second-order valence-corrected chi connectivity index (χ2v) is 7.45. The van der Waals surface area contributed by atoms with E-state index in [2.05, 4.69) is 115 Å². The summed E-state index contributed by atoms with van der Waals surface area (Å²) in [5.74, 6) is 0.612. The van der Waals surface area contributed by atoms with Gasteiger partial charge < -0.3 is 4.57 Å². The predicted octanol–water partition coefficient (Wildman–Crippen LogP) is 4.63. The fourth-order valence-electron chi connectivity index (χ4n) is 3.47. The second-order valence-electron chi connectivity index (χ2n) is 6.20. The third-order valence-corrected chi connectivity index (χ3v) is 5.28. The van der Waals surface area contributed by atoms with Crippen molar-refractivity contribution < 1.29 is 0 Å². The van der Waals surface area contributed by atoms with Crippen LogP contribution in [-0.4, -0.2) is 25.2 Å². The smallest absolute Gasteiger partial charge is 0.204 e. The summed E-state index contributed by atoms with van der Waals surface area (Å²) in [4.78, 5) is 0. The number of fused-ring (bicyclic) bond motifs is 3. The van der Waals surface area contributed by atoms with E-state index in [1.807, 2.05) is 0 Å². The first-order valence-corrected chi connectivity index (χ1v) is 9.37. The van der Waals surface area contributed by atoms with Crippen LogP contribution in [0.25, 0.3) is 33.2 Å². The van der Waals surface area contributed by atoms with E-state index < -0.39 is 0 Å². The van der Waals surface area contributed by atoms with Crippen LogP contribution in [0.3, 0.4) is 0 Å². The van der Waals surface area contributed by atoms with Crippen molar-refractivity contribution in [3.63, 3.8) is 0 Å². The number of nitrogens with one attached hydrogen (secondary N) is 1. The van der Waals surface area contributed by atoms with Crippen LogP contribution in [0.2, 0.25) is 0 Å². The number of tetrazole rings is 1. The van der Waals surface area contributed by atoms with Crippen LogP contribution >= 0.6 is 22.6 Å². The number of halogens is 1. The molecule has 5 aromatic rings. The van der Waals surface area contributed by atoms with Crippen LogP contribution in [0.15, 0.2) is 66.7 Å². The van der Waals surface area contributed by atoms with Gasteiger partial charge in [0, 0.05) is 37.5 Å². The summed E-state index contributed by atoms with van der Waals surface area (Å²) in [6.45, 7) is 0.836. The van der Waals surface area contributed by atoms with Gasteiger partial charge in [0.2, 0.25) is 5.82 Å². The summed E-state index contributed by atoms with van der Waals surface area (Å²) in [5, 5.41) is 16.8. The molecule has 0 aliphatic heterocycles.